The number of carbonyl (C=O) groups excluding carboxylic acids is 1. The first-order valence-electron chi connectivity index (χ1n) is 7.45. The maximum absolute atomic E-state index is 12.5. The molecule has 3 nitrogen and oxygen atoms in total. The molecule has 0 aliphatic rings. The van der Waals surface area contributed by atoms with Gasteiger partial charge in [0.05, 0.1) is 23.8 Å². The first-order valence-corrected chi connectivity index (χ1v) is 8.83. The Hall–Kier alpha value is -0.973. The second kappa shape index (κ2) is 10.1. The van der Waals surface area contributed by atoms with Gasteiger partial charge in [0.25, 0.3) is 0 Å². The molecule has 2 rings (SSSR count). The third-order valence-electron chi connectivity index (χ3n) is 3.45. The Bertz CT molecular complexity index is 694. The molecule has 0 N–H and O–H groups in total. The molecule has 0 fully saturated rings. The summed E-state index contributed by atoms with van der Waals surface area (Å²) in [4.78, 5) is 12.5. The van der Waals surface area contributed by atoms with Crippen LogP contribution in [0.4, 0.5) is 0 Å². The Kier molecular flexibility index (Phi) is 8.88. The number of benzene rings is 2. The molecular formula is C18H21ClLiO3P. The molecule has 0 heterocycles. The average Bonchev–Trinajstić information content (AvgIpc) is 2.57. The van der Waals surface area contributed by atoms with Crippen molar-refractivity contribution < 1.29 is 14.3 Å². The minimum absolute atomic E-state index is 0. The molecule has 0 radical (unpaired) electrons. The first-order chi connectivity index (χ1) is 11.0. The Morgan fingerprint density at radius 1 is 1.25 bits per heavy atom. The van der Waals surface area contributed by atoms with E-state index in [1.54, 1.807) is 25.3 Å². The normalized spacial score (nSPS) is 11.8. The van der Waals surface area contributed by atoms with Gasteiger partial charge in [0.15, 0.2) is 5.52 Å². The molecule has 2 atom stereocenters. The van der Waals surface area contributed by atoms with E-state index in [9.17, 15) is 4.79 Å². The molecule has 2 aromatic carbocycles. The monoisotopic (exact) mass is 358 g/mol. The second-order valence-electron chi connectivity index (χ2n) is 5.13. The van der Waals surface area contributed by atoms with Crippen LogP contribution < -0.4 is 14.8 Å². The van der Waals surface area contributed by atoms with Gasteiger partial charge in [-0.25, -0.2) is 0 Å². The van der Waals surface area contributed by atoms with Crippen molar-refractivity contribution in [3.63, 3.8) is 0 Å². The summed E-state index contributed by atoms with van der Waals surface area (Å²) in [6, 6.07) is 12.7. The van der Waals surface area contributed by atoms with Crippen molar-refractivity contribution in [3.05, 3.63) is 53.1 Å². The van der Waals surface area contributed by atoms with Crippen molar-refractivity contribution >= 4 is 49.9 Å². The van der Waals surface area contributed by atoms with E-state index in [1.165, 1.54) is 0 Å². The second-order valence-corrected chi connectivity index (χ2v) is 6.78. The molecule has 0 aromatic heterocycles. The first kappa shape index (κ1) is 21.1. The van der Waals surface area contributed by atoms with Crippen LogP contribution in [-0.4, -0.2) is 37.6 Å². The van der Waals surface area contributed by atoms with E-state index in [1.807, 2.05) is 31.2 Å². The molecule has 2 aromatic rings. The summed E-state index contributed by atoms with van der Waals surface area (Å²) < 4.78 is 11.0. The standard InChI is InChI=1S/C18H20ClO3P.Li.H/c1-4-12(2)22-13-9-10-17(15(19)11-13)23-18(20)14-7-5-6-8-16(14)21-3;;/h5-12,23H,4H2,1-3H3;;. The van der Waals surface area contributed by atoms with Gasteiger partial charge in [-0.1, -0.05) is 30.7 Å². The van der Waals surface area contributed by atoms with E-state index in [0.29, 0.717) is 16.3 Å². The van der Waals surface area contributed by atoms with Gasteiger partial charge >= 0.3 is 18.9 Å². The molecule has 24 heavy (non-hydrogen) atoms. The minimum atomic E-state index is -0.0599. The van der Waals surface area contributed by atoms with Crippen molar-refractivity contribution in [3.8, 4) is 11.5 Å². The number of hydrogen-bond acceptors (Lipinski definition) is 3. The summed E-state index contributed by atoms with van der Waals surface area (Å²) in [5.41, 5.74) is 0.573. The van der Waals surface area contributed by atoms with E-state index in [0.717, 1.165) is 17.5 Å². The fraction of sp³-hybridized carbons (Fsp3) is 0.278. The quantitative estimate of drug-likeness (QED) is 0.554. The van der Waals surface area contributed by atoms with Gasteiger partial charge in [0, 0.05) is 0 Å². The van der Waals surface area contributed by atoms with Crippen LogP contribution in [0.1, 0.15) is 30.6 Å². The van der Waals surface area contributed by atoms with Crippen LogP contribution in [0.3, 0.4) is 0 Å². The summed E-state index contributed by atoms with van der Waals surface area (Å²) in [5, 5.41) is 1.35. The van der Waals surface area contributed by atoms with Crippen LogP contribution >= 0.6 is 20.2 Å². The maximum atomic E-state index is 12.5. The molecular weight excluding hydrogens is 338 g/mol. The molecule has 0 bridgehead atoms. The number of methoxy groups -OCH3 is 1. The molecule has 0 saturated carbocycles. The van der Waals surface area contributed by atoms with Gasteiger partial charge in [0.2, 0.25) is 0 Å². The van der Waals surface area contributed by atoms with Gasteiger partial charge in [-0.15, -0.1) is 0 Å². The summed E-state index contributed by atoms with van der Waals surface area (Å²) in [7, 11) is 1.50. The van der Waals surface area contributed by atoms with Crippen LogP contribution in [0.25, 0.3) is 0 Å². The van der Waals surface area contributed by atoms with Crippen molar-refractivity contribution in [1.82, 2.24) is 0 Å². The SMILES string of the molecule is CCC(C)Oc1ccc(PC(=O)c2ccccc2OC)c(Cl)c1.[LiH]. The molecule has 0 spiro atoms. The zero-order chi connectivity index (χ0) is 16.8. The van der Waals surface area contributed by atoms with Crippen molar-refractivity contribution in [2.24, 2.45) is 0 Å². The van der Waals surface area contributed by atoms with Crippen LogP contribution in [-0.2, 0) is 0 Å². The van der Waals surface area contributed by atoms with Crippen molar-refractivity contribution in [2.75, 3.05) is 7.11 Å². The molecule has 6 heteroatoms. The molecule has 0 aliphatic heterocycles. The van der Waals surface area contributed by atoms with Crippen LogP contribution in [0.5, 0.6) is 11.5 Å². The Morgan fingerprint density at radius 3 is 2.58 bits per heavy atom. The number of rotatable bonds is 7. The molecule has 0 amide bonds. The zero-order valence-corrected chi connectivity index (χ0v) is 15.2. The number of carbonyl (C=O) groups is 1. The summed E-state index contributed by atoms with van der Waals surface area (Å²) in [5.74, 6) is 1.31. The molecule has 0 aliphatic carbocycles. The molecule has 124 valence electrons. The van der Waals surface area contributed by atoms with E-state index in [4.69, 9.17) is 21.1 Å². The zero-order valence-electron chi connectivity index (χ0n) is 13.4. The molecule has 0 saturated heterocycles. The summed E-state index contributed by atoms with van der Waals surface area (Å²) >= 11 is 6.30. The van der Waals surface area contributed by atoms with E-state index in [-0.39, 0.29) is 39.1 Å². The van der Waals surface area contributed by atoms with Crippen molar-refractivity contribution in [1.29, 1.82) is 0 Å². The van der Waals surface area contributed by atoms with Gasteiger partial charge in [0.1, 0.15) is 11.5 Å². The Labute approximate surface area is 162 Å². The van der Waals surface area contributed by atoms with Gasteiger partial charge in [-0.05, 0) is 57.6 Å². The number of ether oxygens (including phenoxy) is 2. The summed E-state index contributed by atoms with van der Waals surface area (Å²) in [6.07, 6.45) is 1.06. The summed E-state index contributed by atoms with van der Waals surface area (Å²) in [6.45, 7) is 4.07. The predicted molar refractivity (Wildman–Crippen MR) is 104 cm³/mol. The number of para-hydroxylation sites is 1. The fourth-order valence-electron chi connectivity index (χ4n) is 2.01. The number of halogens is 1. The predicted octanol–water partition coefficient (Wildman–Crippen LogP) is 4.02. The Morgan fingerprint density at radius 2 is 1.96 bits per heavy atom. The van der Waals surface area contributed by atoms with Gasteiger partial charge in [-0.2, -0.15) is 0 Å². The van der Waals surface area contributed by atoms with Crippen molar-refractivity contribution in [2.45, 2.75) is 26.4 Å². The van der Waals surface area contributed by atoms with E-state index >= 15 is 0 Å². The Balaban J connectivity index is 0.00000288. The third kappa shape index (κ3) is 5.54. The van der Waals surface area contributed by atoms with Crippen LogP contribution in [0.15, 0.2) is 42.5 Å². The third-order valence-corrected chi connectivity index (χ3v) is 5.13. The molecule has 2 unspecified atom stereocenters. The fourth-order valence-corrected chi connectivity index (χ4v) is 3.26. The number of hydrogen-bond donors (Lipinski definition) is 0. The van der Waals surface area contributed by atoms with Gasteiger partial charge < -0.3 is 9.47 Å². The average molecular weight is 359 g/mol. The van der Waals surface area contributed by atoms with Crippen LogP contribution in [0, 0.1) is 0 Å². The van der Waals surface area contributed by atoms with E-state index < -0.39 is 0 Å². The van der Waals surface area contributed by atoms with Gasteiger partial charge in [-0.3, -0.25) is 4.79 Å². The van der Waals surface area contributed by atoms with Crippen LogP contribution in [0.2, 0.25) is 5.02 Å². The topological polar surface area (TPSA) is 35.5 Å². The van der Waals surface area contributed by atoms with E-state index in [2.05, 4.69) is 6.92 Å².